The number of Topliss-reactive ketones (excluding diaryl/α,β-unsaturated/α-hetero) is 1. The van der Waals surface area contributed by atoms with Gasteiger partial charge in [-0.1, -0.05) is 12.1 Å². The second-order valence-electron chi connectivity index (χ2n) is 6.93. The number of nitrogens with zero attached hydrogens (tertiary/aromatic N) is 1. The van der Waals surface area contributed by atoms with Gasteiger partial charge in [0.1, 0.15) is 23.1 Å². The molecule has 0 radical (unpaired) electrons. The van der Waals surface area contributed by atoms with Crippen LogP contribution in [0.25, 0.3) is 5.76 Å². The summed E-state index contributed by atoms with van der Waals surface area (Å²) >= 11 is 0. The van der Waals surface area contributed by atoms with Crippen molar-refractivity contribution in [2.45, 2.75) is 6.04 Å². The Labute approximate surface area is 176 Å². The van der Waals surface area contributed by atoms with Crippen molar-refractivity contribution >= 4 is 23.1 Å². The molecule has 1 saturated heterocycles. The van der Waals surface area contributed by atoms with Gasteiger partial charge in [0.25, 0.3) is 11.7 Å². The number of carbonyl (C=O) groups is 2. The lowest BCUT2D eigenvalue weighted by atomic mass is 9.95. The minimum atomic E-state index is -1.00. The third-order valence-electron chi connectivity index (χ3n) is 5.10. The zero-order chi connectivity index (χ0) is 22.1. The number of carbonyl (C=O) groups excluding carboxylic acids is 2. The van der Waals surface area contributed by atoms with E-state index in [0.717, 1.165) is 12.1 Å². The van der Waals surface area contributed by atoms with Crippen LogP contribution < -0.4 is 9.64 Å². The van der Waals surface area contributed by atoms with Crippen molar-refractivity contribution in [1.29, 1.82) is 0 Å². The first-order valence-electron chi connectivity index (χ1n) is 9.37. The number of ether oxygens (including phenoxy) is 1. The summed E-state index contributed by atoms with van der Waals surface area (Å²) in [5, 5.41) is 10.9. The molecule has 1 amide bonds. The SMILES string of the molecule is COc1ccc(N2C(=O)C(=O)/C(=C(/O)c3ccc(F)cc3)C2c2ccc(F)cc2)cc1. The number of ketones is 1. The van der Waals surface area contributed by atoms with E-state index in [9.17, 15) is 23.5 Å². The lowest BCUT2D eigenvalue weighted by molar-refractivity contribution is -0.132. The van der Waals surface area contributed by atoms with Gasteiger partial charge < -0.3 is 9.84 Å². The maximum atomic E-state index is 13.5. The van der Waals surface area contributed by atoms with Gasteiger partial charge in [-0.3, -0.25) is 14.5 Å². The fourth-order valence-electron chi connectivity index (χ4n) is 3.57. The van der Waals surface area contributed by atoms with Crippen LogP contribution in [0.2, 0.25) is 0 Å². The van der Waals surface area contributed by atoms with Gasteiger partial charge in [-0.25, -0.2) is 8.78 Å². The third-order valence-corrected chi connectivity index (χ3v) is 5.10. The Morgan fingerprint density at radius 1 is 0.871 bits per heavy atom. The van der Waals surface area contributed by atoms with E-state index in [1.807, 2.05) is 0 Å². The molecule has 0 aliphatic carbocycles. The molecule has 0 aromatic heterocycles. The molecule has 3 aromatic rings. The largest absolute Gasteiger partial charge is 0.507 e. The summed E-state index contributed by atoms with van der Waals surface area (Å²) in [6.45, 7) is 0. The van der Waals surface area contributed by atoms with E-state index in [4.69, 9.17) is 4.74 Å². The highest BCUT2D eigenvalue weighted by Crippen LogP contribution is 2.42. The summed E-state index contributed by atoms with van der Waals surface area (Å²) < 4.78 is 32.0. The fraction of sp³-hybridized carbons (Fsp3) is 0.0833. The van der Waals surface area contributed by atoms with Gasteiger partial charge in [-0.05, 0) is 66.2 Å². The second kappa shape index (κ2) is 8.02. The Morgan fingerprint density at radius 3 is 1.97 bits per heavy atom. The summed E-state index contributed by atoms with van der Waals surface area (Å²) in [4.78, 5) is 27.2. The molecule has 1 aliphatic rings. The number of rotatable bonds is 4. The molecule has 1 unspecified atom stereocenters. The van der Waals surface area contributed by atoms with Crippen molar-refractivity contribution in [2.24, 2.45) is 0 Å². The number of anilines is 1. The fourth-order valence-corrected chi connectivity index (χ4v) is 3.57. The molecule has 156 valence electrons. The van der Waals surface area contributed by atoms with Crippen molar-refractivity contribution in [3.8, 4) is 5.75 Å². The number of methoxy groups -OCH3 is 1. The number of hydrogen-bond acceptors (Lipinski definition) is 4. The van der Waals surface area contributed by atoms with Crippen LogP contribution in [0.5, 0.6) is 5.75 Å². The van der Waals surface area contributed by atoms with E-state index < -0.39 is 35.1 Å². The van der Waals surface area contributed by atoms with Crippen LogP contribution in [0.4, 0.5) is 14.5 Å². The van der Waals surface area contributed by atoms with Crippen LogP contribution in [0.1, 0.15) is 17.2 Å². The van der Waals surface area contributed by atoms with Gasteiger partial charge in [0.05, 0.1) is 18.7 Å². The van der Waals surface area contributed by atoms with Crippen LogP contribution in [-0.4, -0.2) is 23.9 Å². The molecule has 0 saturated carbocycles. The van der Waals surface area contributed by atoms with E-state index in [2.05, 4.69) is 0 Å². The number of aliphatic hydroxyl groups is 1. The molecule has 3 aromatic carbocycles. The van der Waals surface area contributed by atoms with Gasteiger partial charge in [-0.2, -0.15) is 0 Å². The maximum Gasteiger partial charge on any atom is 0.300 e. The van der Waals surface area contributed by atoms with Crippen LogP contribution in [0, 0.1) is 11.6 Å². The molecule has 1 N–H and O–H groups in total. The number of hydrogen-bond donors (Lipinski definition) is 1. The molecule has 0 spiro atoms. The molecule has 31 heavy (non-hydrogen) atoms. The third kappa shape index (κ3) is 3.66. The van der Waals surface area contributed by atoms with Crippen LogP contribution in [0.3, 0.4) is 0 Å². The second-order valence-corrected chi connectivity index (χ2v) is 6.93. The summed E-state index contributed by atoms with van der Waals surface area (Å²) in [5.74, 6) is -2.61. The first-order valence-corrected chi connectivity index (χ1v) is 9.37. The highest BCUT2D eigenvalue weighted by atomic mass is 19.1. The molecular formula is C24H17F2NO4. The summed E-state index contributed by atoms with van der Waals surface area (Å²) in [7, 11) is 1.50. The van der Waals surface area contributed by atoms with Gasteiger partial charge in [0.15, 0.2) is 0 Å². The van der Waals surface area contributed by atoms with Crippen LogP contribution in [-0.2, 0) is 9.59 Å². The number of halogens is 2. The summed E-state index contributed by atoms with van der Waals surface area (Å²) in [6.07, 6.45) is 0. The normalized spacial score (nSPS) is 17.8. The van der Waals surface area contributed by atoms with Crippen LogP contribution >= 0.6 is 0 Å². The average Bonchev–Trinajstić information content (AvgIpc) is 3.05. The zero-order valence-corrected chi connectivity index (χ0v) is 16.4. The Hall–Kier alpha value is -4.00. The molecule has 1 atom stereocenters. The molecule has 1 fully saturated rings. The smallest absolute Gasteiger partial charge is 0.300 e. The Bertz CT molecular complexity index is 1170. The highest BCUT2D eigenvalue weighted by molar-refractivity contribution is 6.51. The topological polar surface area (TPSA) is 66.8 Å². The first kappa shape index (κ1) is 20.3. The molecular weight excluding hydrogens is 404 g/mol. The van der Waals surface area contributed by atoms with E-state index in [-0.39, 0.29) is 11.1 Å². The quantitative estimate of drug-likeness (QED) is 0.380. The predicted octanol–water partition coefficient (Wildman–Crippen LogP) is 4.60. The first-order chi connectivity index (χ1) is 14.9. The number of amides is 1. The maximum absolute atomic E-state index is 13.5. The lowest BCUT2D eigenvalue weighted by Gasteiger charge is -2.25. The minimum absolute atomic E-state index is 0.168. The van der Waals surface area contributed by atoms with Crippen molar-refractivity contribution < 1.29 is 28.2 Å². The van der Waals surface area contributed by atoms with Gasteiger partial charge in [0, 0.05) is 11.3 Å². The summed E-state index contributed by atoms with van der Waals surface area (Å²) in [5.41, 5.74) is 0.843. The Balaban J connectivity index is 1.91. The van der Waals surface area contributed by atoms with Gasteiger partial charge in [-0.15, -0.1) is 0 Å². The monoisotopic (exact) mass is 421 g/mol. The van der Waals surface area contributed by atoms with Crippen LogP contribution in [0.15, 0.2) is 78.4 Å². The molecule has 4 rings (SSSR count). The van der Waals surface area contributed by atoms with Crippen molar-refractivity contribution in [2.75, 3.05) is 12.0 Å². The van der Waals surface area contributed by atoms with E-state index in [0.29, 0.717) is 17.0 Å². The van der Waals surface area contributed by atoms with E-state index in [1.165, 1.54) is 48.4 Å². The lowest BCUT2D eigenvalue weighted by Crippen LogP contribution is -2.29. The minimum Gasteiger partial charge on any atom is -0.507 e. The Kier molecular flexibility index (Phi) is 5.25. The Morgan fingerprint density at radius 2 is 1.42 bits per heavy atom. The molecule has 0 bridgehead atoms. The van der Waals surface area contributed by atoms with E-state index in [1.54, 1.807) is 24.3 Å². The molecule has 7 heteroatoms. The number of aliphatic hydroxyl groups excluding tert-OH is 1. The van der Waals surface area contributed by atoms with Crippen molar-refractivity contribution in [1.82, 2.24) is 0 Å². The van der Waals surface area contributed by atoms with Gasteiger partial charge >= 0.3 is 0 Å². The standard InChI is InChI=1S/C24H17F2NO4/c1-31-19-12-10-18(11-13-19)27-21(14-2-6-16(25)7-3-14)20(23(29)24(27)30)22(28)15-4-8-17(26)9-5-15/h2-13,21,28H,1H3/b22-20+. The molecule has 1 aliphatic heterocycles. The zero-order valence-electron chi connectivity index (χ0n) is 16.4. The molecule has 5 nitrogen and oxygen atoms in total. The van der Waals surface area contributed by atoms with Crippen molar-refractivity contribution in [3.05, 3.63) is 101 Å². The van der Waals surface area contributed by atoms with Crippen molar-refractivity contribution in [3.63, 3.8) is 0 Å². The summed E-state index contributed by atoms with van der Waals surface area (Å²) in [6, 6.07) is 15.7. The number of benzene rings is 3. The molecule has 1 heterocycles. The van der Waals surface area contributed by atoms with Gasteiger partial charge in [0.2, 0.25) is 0 Å². The predicted molar refractivity (Wildman–Crippen MR) is 111 cm³/mol. The van der Waals surface area contributed by atoms with E-state index >= 15 is 0 Å². The highest BCUT2D eigenvalue weighted by Gasteiger charge is 2.46. The average molecular weight is 421 g/mol.